The maximum atomic E-state index is 10.7. The average Bonchev–Trinajstić information content (AvgIpc) is 2.01. The van der Waals surface area contributed by atoms with Crippen molar-refractivity contribution in [1.82, 2.24) is 0 Å². The third-order valence-corrected chi connectivity index (χ3v) is 2.41. The number of nitrogens with two attached hydrogens (primary N) is 1. The van der Waals surface area contributed by atoms with E-state index in [4.69, 9.17) is 11.1 Å². The van der Waals surface area contributed by atoms with Crippen molar-refractivity contribution in [3.8, 4) is 0 Å². The lowest BCUT2D eigenvalue weighted by Gasteiger charge is -2.32. The molecule has 0 aromatic carbocycles. The molecule has 4 nitrogen and oxygen atoms in total. The van der Waals surface area contributed by atoms with E-state index in [0.29, 0.717) is 0 Å². The van der Waals surface area contributed by atoms with Crippen LogP contribution in [0.2, 0.25) is 0 Å². The number of amides is 1. The first-order valence-electron chi connectivity index (χ1n) is 3.85. The molecule has 0 aromatic heterocycles. The Morgan fingerprint density at radius 3 is 2.17 bits per heavy atom. The van der Waals surface area contributed by atoms with E-state index < -0.39 is 17.4 Å². The number of carbonyl (C=O) groups excluding carboxylic acids is 1. The molecule has 4 heteroatoms. The summed E-state index contributed by atoms with van der Waals surface area (Å²) < 4.78 is 0. The summed E-state index contributed by atoms with van der Waals surface area (Å²) >= 11 is 0. The number of carbonyl (C=O) groups is 1. The van der Waals surface area contributed by atoms with Crippen LogP contribution in [0.15, 0.2) is 0 Å². The fraction of sp³-hybridized carbons (Fsp3) is 0.750. The Hall–Kier alpha value is -0.900. The second kappa shape index (κ2) is 3.67. The Balaban J connectivity index is 4.74. The number of rotatable bonds is 4. The Labute approximate surface area is 72.3 Å². The maximum Gasteiger partial charge on any atom is 0.247 e. The predicted molar refractivity (Wildman–Crippen MR) is 46.9 cm³/mol. The van der Waals surface area contributed by atoms with E-state index in [1.54, 1.807) is 6.92 Å². The molecule has 0 saturated heterocycles. The van der Waals surface area contributed by atoms with Gasteiger partial charge in [0, 0.05) is 11.6 Å². The van der Waals surface area contributed by atoms with Gasteiger partial charge in [-0.1, -0.05) is 20.8 Å². The third kappa shape index (κ3) is 1.82. The van der Waals surface area contributed by atoms with E-state index in [1.807, 2.05) is 13.8 Å². The number of nitrogens with one attached hydrogen (secondary N) is 1. The van der Waals surface area contributed by atoms with Crippen LogP contribution in [0.25, 0.3) is 0 Å². The van der Waals surface area contributed by atoms with Crippen LogP contribution in [-0.4, -0.2) is 23.3 Å². The van der Waals surface area contributed by atoms with Crippen LogP contribution in [0.4, 0.5) is 0 Å². The topological polar surface area (TPSA) is 87.2 Å². The van der Waals surface area contributed by atoms with Gasteiger partial charge in [0.15, 0.2) is 0 Å². The zero-order valence-corrected chi connectivity index (χ0v) is 7.66. The number of hydrogen-bond donors (Lipinski definition) is 3. The Kier molecular flexibility index (Phi) is 3.39. The van der Waals surface area contributed by atoms with Crippen LogP contribution in [0.1, 0.15) is 20.8 Å². The van der Waals surface area contributed by atoms with Gasteiger partial charge in [-0.15, -0.1) is 0 Å². The Bertz CT molecular complexity index is 191. The highest BCUT2D eigenvalue weighted by Crippen LogP contribution is 2.28. The van der Waals surface area contributed by atoms with Gasteiger partial charge in [-0.2, -0.15) is 0 Å². The van der Waals surface area contributed by atoms with Gasteiger partial charge in [-0.3, -0.25) is 4.79 Å². The molecule has 0 rings (SSSR count). The molecule has 0 radical (unpaired) electrons. The highest BCUT2D eigenvalue weighted by atomic mass is 16.3. The molecule has 1 amide bonds. The molecule has 0 heterocycles. The van der Waals surface area contributed by atoms with Gasteiger partial charge in [0.05, 0.1) is 0 Å². The number of hydrogen-bond acceptors (Lipinski definition) is 3. The minimum absolute atomic E-state index is 0.00231. The maximum absolute atomic E-state index is 10.7. The van der Waals surface area contributed by atoms with Crippen molar-refractivity contribution >= 4 is 12.1 Å². The molecule has 0 saturated carbocycles. The molecule has 0 fully saturated rings. The molecule has 12 heavy (non-hydrogen) atoms. The first-order chi connectivity index (χ1) is 5.36. The molecule has 0 aromatic rings. The van der Waals surface area contributed by atoms with Crippen molar-refractivity contribution in [3.05, 3.63) is 0 Å². The van der Waals surface area contributed by atoms with Crippen LogP contribution in [0.3, 0.4) is 0 Å². The van der Waals surface area contributed by atoms with Gasteiger partial charge in [0.1, 0.15) is 6.10 Å². The molecule has 2 atom stereocenters. The van der Waals surface area contributed by atoms with Crippen molar-refractivity contribution < 1.29 is 9.90 Å². The Morgan fingerprint density at radius 1 is 1.67 bits per heavy atom. The van der Waals surface area contributed by atoms with Gasteiger partial charge in [-0.25, -0.2) is 0 Å². The van der Waals surface area contributed by atoms with Crippen molar-refractivity contribution in [1.29, 1.82) is 5.41 Å². The summed E-state index contributed by atoms with van der Waals surface area (Å²) in [6, 6.07) is 0. The summed E-state index contributed by atoms with van der Waals surface area (Å²) in [7, 11) is 0. The average molecular weight is 172 g/mol. The lowest BCUT2D eigenvalue weighted by atomic mass is 9.75. The van der Waals surface area contributed by atoms with Gasteiger partial charge < -0.3 is 16.2 Å². The summed E-state index contributed by atoms with van der Waals surface area (Å²) in [6.45, 7) is 5.30. The van der Waals surface area contributed by atoms with Crippen LogP contribution < -0.4 is 5.73 Å². The van der Waals surface area contributed by atoms with Gasteiger partial charge >= 0.3 is 0 Å². The summed E-state index contributed by atoms with van der Waals surface area (Å²) in [5.41, 5.74) is 4.09. The van der Waals surface area contributed by atoms with Gasteiger partial charge in [-0.05, 0) is 5.92 Å². The monoisotopic (exact) mass is 172 g/mol. The van der Waals surface area contributed by atoms with E-state index in [0.717, 1.165) is 6.21 Å². The second-order valence-corrected chi connectivity index (χ2v) is 3.47. The molecule has 0 spiro atoms. The second-order valence-electron chi connectivity index (χ2n) is 3.47. The summed E-state index contributed by atoms with van der Waals surface area (Å²) in [5.74, 6) is -0.785. The highest BCUT2D eigenvalue weighted by Gasteiger charge is 2.37. The summed E-state index contributed by atoms with van der Waals surface area (Å²) in [4.78, 5) is 10.7. The fourth-order valence-electron chi connectivity index (χ4n) is 0.868. The smallest absolute Gasteiger partial charge is 0.247 e. The Morgan fingerprint density at radius 2 is 2.08 bits per heavy atom. The van der Waals surface area contributed by atoms with Crippen molar-refractivity contribution in [2.45, 2.75) is 26.9 Å². The van der Waals surface area contributed by atoms with Gasteiger partial charge in [0.2, 0.25) is 5.91 Å². The minimum Gasteiger partial charge on any atom is -0.382 e. The van der Waals surface area contributed by atoms with Gasteiger partial charge in [0.25, 0.3) is 0 Å². The van der Waals surface area contributed by atoms with Crippen LogP contribution >= 0.6 is 0 Å². The standard InChI is InChI=1S/C8H16N2O2/c1-5(2)8(3,4-9)6(11)7(10)12/h4-6,9,11H,1-3H3,(H2,10,12). The third-order valence-electron chi connectivity index (χ3n) is 2.41. The first-order valence-corrected chi connectivity index (χ1v) is 3.85. The quantitative estimate of drug-likeness (QED) is 0.527. The largest absolute Gasteiger partial charge is 0.382 e. The molecule has 70 valence electrons. The summed E-state index contributed by atoms with van der Waals surface area (Å²) in [6.07, 6.45) is -0.206. The normalized spacial score (nSPS) is 18.4. The van der Waals surface area contributed by atoms with E-state index in [9.17, 15) is 9.90 Å². The molecule has 4 N–H and O–H groups in total. The molecule has 0 aliphatic rings. The lowest BCUT2D eigenvalue weighted by molar-refractivity contribution is -0.131. The van der Waals surface area contributed by atoms with E-state index in [-0.39, 0.29) is 5.92 Å². The highest BCUT2D eigenvalue weighted by molar-refractivity contribution is 5.84. The molecule has 0 aliphatic carbocycles. The van der Waals surface area contributed by atoms with E-state index in [2.05, 4.69) is 0 Å². The predicted octanol–water partition coefficient (Wildman–Crippen LogP) is 0.144. The molecule has 2 unspecified atom stereocenters. The van der Waals surface area contributed by atoms with Crippen LogP contribution in [0, 0.1) is 16.7 Å². The van der Waals surface area contributed by atoms with Crippen LogP contribution in [-0.2, 0) is 4.79 Å². The number of aliphatic hydroxyl groups is 1. The minimum atomic E-state index is -1.28. The summed E-state index contributed by atoms with van der Waals surface area (Å²) in [5, 5.41) is 16.5. The lowest BCUT2D eigenvalue weighted by Crippen LogP contribution is -2.46. The molecular formula is C8H16N2O2. The molecule has 0 aliphatic heterocycles. The fourth-order valence-corrected chi connectivity index (χ4v) is 0.868. The zero-order valence-electron chi connectivity index (χ0n) is 7.66. The zero-order chi connectivity index (χ0) is 9.94. The van der Waals surface area contributed by atoms with Crippen LogP contribution in [0.5, 0.6) is 0 Å². The van der Waals surface area contributed by atoms with Crippen molar-refractivity contribution in [2.75, 3.05) is 0 Å². The SMILES string of the molecule is CC(C)C(C)(C=N)C(O)C(N)=O. The first kappa shape index (κ1) is 11.1. The van der Waals surface area contributed by atoms with E-state index >= 15 is 0 Å². The molecular weight excluding hydrogens is 156 g/mol. The van der Waals surface area contributed by atoms with Crippen molar-refractivity contribution in [2.24, 2.45) is 17.1 Å². The van der Waals surface area contributed by atoms with Crippen molar-refractivity contribution in [3.63, 3.8) is 0 Å². The number of aliphatic hydroxyl groups excluding tert-OH is 1. The molecule has 0 bridgehead atoms. The van der Waals surface area contributed by atoms with E-state index in [1.165, 1.54) is 0 Å². The number of primary amides is 1.